The predicted octanol–water partition coefficient (Wildman–Crippen LogP) is 0.936. The van der Waals surface area contributed by atoms with Crippen molar-refractivity contribution in [2.45, 2.75) is 38.2 Å². The molecule has 2 aliphatic carbocycles. The number of hydrogen-bond acceptors (Lipinski definition) is 3. The van der Waals surface area contributed by atoms with E-state index in [1.165, 1.54) is 19.3 Å². The lowest BCUT2D eigenvalue weighted by Gasteiger charge is -2.21. The summed E-state index contributed by atoms with van der Waals surface area (Å²) in [4.78, 5) is 12.0. The van der Waals surface area contributed by atoms with Gasteiger partial charge in [0.2, 0.25) is 5.91 Å². The van der Waals surface area contributed by atoms with Gasteiger partial charge in [-0.15, -0.1) is 0 Å². The quantitative estimate of drug-likeness (QED) is 0.727. The molecule has 2 saturated carbocycles. The van der Waals surface area contributed by atoms with E-state index in [-0.39, 0.29) is 11.8 Å². The number of hydrogen-bond donors (Lipinski definition) is 2. The Balaban J connectivity index is 1.64. The van der Waals surface area contributed by atoms with Crippen molar-refractivity contribution in [1.82, 2.24) is 5.32 Å². The smallest absolute Gasteiger partial charge is 0.223 e. The van der Waals surface area contributed by atoms with Crippen LogP contribution in [-0.2, 0) is 9.53 Å². The first kappa shape index (κ1) is 12.8. The average molecular weight is 241 g/mol. The SMILES string of the molecule is COCC(O)CCNC(=O)C1CC2CCC1C2. The van der Waals surface area contributed by atoms with Crippen molar-refractivity contribution < 1.29 is 14.6 Å². The monoisotopic (exact) mass is 241 g/mol. The number of carbonyl (C=O) groups excluding carboxylic acids is 1. The van der Waals surface area contributed by atoms with Gasteiger partial charge in [-0.3, -0.25) is 4.79 Å². The molecular weight excluding hydrogens is 218 g/mol. The molecule has 0 aliphatic heterocycles. The van der Waals surface area contributed by atoms with Crippen LogP contribution < -0.4 is 5.32 Å². The number of methoxy groups -OCH3 is 1. The molecule has 4 heteroatoms. The fourth-order valence-corrected chi connectivity index (χ4v) is 3.33. The van der Waals surface area contributed by atoms with E-state index in [1.54, 1.807) is 7.11 Å². The van der Waals surface area contributed by atoms with Crippen LogP contribution in [0.2, 0.25) is 0 Å². The highest BCUT2D eigenvalue weighted by atomic mass is 16.5. The van der Waals surface area contributed by atoms with Gasteiger partial charge in [-0.05, 0) is 37.5 Å². The minimum absolute atomic E-state index is 0.196. The second-order valence-corrected chi connectivity index (χ2v) is 5.47. The Bertz CT molecular complexity index is 269. The predicted molar refractivity (Wildman–Crippen MR) is 64.4 cm³/mol. The Morgan fingerprint density at radius 1 is 1.47 bits per heavy atom. The lowest BCUT2D eigenvalue weighted by Crippen LogP contribution is -2.35. The lowest BCUT2D eigenvalue weighted by molar-refractivity contribution is -0.126. The van der Waals surface area contributed by atoms with Crippen LogP contribution in [0, 0.1) is 17.8 Å². The molecule has 0 aromatic carbocycles. The van der Waals surface area contributed by atoms with Crippen molar-refractivity contribution in [3.05, 3.63) is 0 Å². The number of ether oxygens (including phenoxy) is 1. The summed E-state index contributed by atoms with van der Waals surface area (Å²) >= 11 is 0. The second kappa shape index (κ2) is 5.83. The van der Waals surface area contributed by atoms with E-state index in [9.17, 15) is 9.90 Å². The molecule has 2 bridgehead atoms. The van der Waals surface area contributed by atoms with Gasteiger partial charge in [-0.2, -0.15) is 0 Å². The van der Waals surface area contributed by atoms with Gasteiger partial charge < -0.3 is 15.2 Å². The molecule has 2 aliphatic rings. The number of amides is 1. The summed E-state index contributed by atoms with van der Waals surface area (Å²) in [6.07, 6.45) is 4.98. The fraction of sp³-hybridized carbons (Fsp3) is 0.923. The zero-order valence-electron chi connectivity index (χ0n) is 10.5. The molecule has 4 unspecified atom stereocenters. The molecule has 0 saturated heterocycles. The molecule has 0 heterocycles. The van der Waals surface area contributed by atoms with Crippen LogP contribution in [0.4, 0.5) is 0 Å². The van der Waals surface area contributed by atoms with Crippen molar-refractivity contribution in [1.29, 1.82) is 0 Å². The zero-order valence-corrected chi connectivity index (χ0v) is 10.5. The van der Waals surface area contributed by atoms with E-state index in [2.05, 4.69) is 5.32 Å². The first-order chi connectivity index (χ1) is 8.20. The maximum Gasteiger partial charge on any atom is 0.223 e. The summed E-state index contributed by atoms with van der Waals surface area (Å²) in [5, 5.41) is 12.4. The van der Waals surface area contributed by atoms with Crippen molar-refractivity contribution in [3.63, 3.8) is 0 Å². The summed E-state index contributed by atoms with van der Waals surface area (Å²) < 4.78 is 4.84. The third-order valence-corrected chi connectivity index (χ3v) is 4.21. The third kappa shape index (κ3) is 3.19. The van der Waals surface area contributed by atoms with Crippen LogP contribution >= 0.6 is 0 Å². The Hall–Kier alpha value is -0.610. The average Bonchev–Trinajstić information content (AvgIpc) is 2.90. The van der Waals surface area contributed by atoms with Crippen LogP contribution in [0.15, 0.2) is 0 Å². The van der Waals surface area contributed by atoms with Crippen molar-refractivity contribution in [2.75, 3.05) is 20.3 Å². The fourth-order valence-electron chi connectivity index (χ4n) is 3.33. The van der Waals surface area contributed by atoms with Crippen molar-refractivity contribution in [3.8, 4) is 0 Å². The summed E-state index contributed by atoms with van der Waals surface area (Å²) in [6, 6.07) is 0. The van der Waals surface area contributed by atoms with E-state index in [4.69, 9.17) is 4.74 Å². The molecule has 0 aromatic heterocycles. The van der Waals surface area contributed by atoms with Gasteiger partial charge in [0.1, 0.15) is 0 Å². The van der Waals surface area contributed by atoms with Crippen LogP contribution in [0.3, 0.4) is 0 Å². The van der Waals surface area contributed by atoms with Gasteiger partial charge in [0.15, 0.2) is 0 Å². The van der Waals surface area contributed by atoms with Crippen LogP contribution in [0.5, 0.6) is 0 Å². The molecule has 2 N–H and O–H groups in total. The molecule has 0 radical (unpaired) electrons. The Morgan fingerprint density at radius 2 is 2.29 bits per heavy atom. The molecule has 2 rings (SSSR count). The normalized spacial score (nSPS) is 32.7. The van der Waals surface area contributed by atoms with Gasteiger partial charge in [0.05, 0.1) is 12.7 Å². The minimum atomic E-state index is -0.472. The first-order valence-electron chi connectivity index (χ1n) is 6.65. The van der Waals surface area contributed by atoms with Gasteiger partial charge in [-0.1, -0.05) is 6.42 Å². The standard InChI is InChI=1S/C13H23NO3/c1-17-8-11(15)4-5-14-13(16)12-7-9-2-3-10(12)6-9/h9-12,15H,2-8H2,1H3,(H,14,16). The molecule has 0 aromatic rings. The molecule has 2 fully saturated rings. The summed E-state index contributed by atoms with van der Waals surface area (Å²) in [5.41, 5.74) is 0. The lowest BCUT2D eigenvalue weighted by atomic mass is 9.88. The van der Waals surface area contributed by atoms with Crippen LogP contribution in [-0.4, -0.2) is 37.4 Å². The topological polar surface area (TPSA) is 58.6 Å². The molecule has 17 heavy (non-hydrogen) atoms. The molecule has 4 atom stereocenters. The van der Waals surface area contributed by atoms with Gasteiger partial charge in [0.25, 0.3) is 0 Å². The first-order valence-corrected chi connectivity index (χ1v) is 6.65. The van der Waals surface area contributed by atoms with Crippen LogP contribution in [0.25, 0.3) is 0 Å². The Labute approximate surface area is 103 Å². The number of rotatable bonds is 6. The summed E-state index contributed by atoms with van der Waals surface area (Å²) in [7, 11) is 1.57. The van der Waals surface area contributed by atoms with E-state index < -0.39 is 6.10 Å². The number of aliphatic hydroxyl groups is 1. The summed E-state index contributed by atoms with van der Waals surface area (Å²) in [6.45, 7) is 0.890. The second-order valence-electron chi connectivity index (χ2n) is 5.47. The van der Waals surface area contributed by atoms with E-state index in [1.807, 2.05) is 0 Å². The van der Waals surface area contributed by atoms with Crippen LogP contribution in [0.1, 0.15) is 32.1 Å². The van der Waals surface area contributed by atoms with E-state index >= 15 is 0 Å². The number of nitrogens with one attached hydrogen (secondary N) is 1. The largest absolute Gasteiger partial charge is 0.391 e. The number of carbonyl (C=O) groups is 1. The molecule has 98 valence electrons. The van der Waals surface area contributed by atoms with Gasteiger partial charge in [0, 0.05) is 19.6 Å². The highest BCUT2D eigenvalue weighted by Gasteiger charge is 2.42. The van der Waals surface area contributed by atoms with Gasteiger partial charge in [-0.25, -0.2) is 0 Å². The third-order valence-electron chi connectivity index (χ3n) is 4.21. The highest BCUT2D eigenvalue weighted by molar-refractivity contribution is 5.79. The summed E-state index contributed by atoms with van der Waals surface area (Å²) in [5.74, 6) is 1.87. The minimum Gasteiger partial charge on any atom is -0.391 e. The van der Waals surface area contributed by atoms with Gasteiger partial charge >= 0.3 is 0 Å². The molecule has 1 amide bonds. The molecule has 4 nitrogen and oxygen atoms in total. The maximum absolute atomic E-state index is 12.0. The van der Waals surface area contributed by atoms with E-state index in [0.29, 0.717) is 25.5 Å². The Kier molecular flexibility index (Phi) is 4.40. The number of aliphatic hydroxyl groups excluding tert-OH is 1. The Morgan fingerprint density at radius 3 is 2.88 bits per heavy atom. The zero-order chi connectivity index (χ0) is 12.3. The highest BCUT2D eigenvalue weighted by Crippen LogP contribution is 2.48. The maximum atomic E-state index is 12.0. The number of fused-ring (bicyclic) bond motifs is 2. The van der Waals surface area contributed by atoms with Crippen molar-refractivity contribution >= 4 is 5.91 Å². The molecule has 0 spiro atoms. The van der Waals surface area contributed by atoms with Crippen molar-refractivity contribution in [2.24, 2.45) is 17.8 Å². The molecular formula is C13H23NO3. The van der Waals surface area contributed by atoms with E-state index in [0.717, 1.165) is 12.3 Å².